The van der Waals surface area contributed by atoms with E-state index in [1.54, 1.807) is 0 Å². The van der Waals surface area contributed by atoms with Crippen LogP contribution in [-0.4, -0.2) is 56.6 Å². The van der Waals surface area contributed by atoms with Gasteiger partial charge in [-0.2, -0.15) is 0 Å². The number of hydrogen-bond donors (Lipinski definition) is 1. The van der Waals surface area contributed by atoms with Gasteiger partial charge in [0.25, 0.3) is 8.32 Å². The molecule has 3 rings (SSSR count). The van der Waals surface area contributed by atoms with E-state index in [-0.39, 0.29) is 11.6 Å². The topological polar surface area (TPSA) is 91.3 Å². The number of carbonyl (C=O) groups is 2. The van der Waals surface area contributed by atoms with Crippen LogP contribution in [-0.2, 0) is 28.2 Å². The van der Waals surface area contributed by atoms with Crippen LogP contribution in [0.4, 0.5) is 0 Å². The molecule has 1 fully saturated rings. The van der Waals surface area contributed by atoms with E-state index >= 15 is 0 Å². The molecule has 0 aliphatic carbocycles. The van der Waals surface area contributed by atoms with Crippen LogP contribution >= 0.6 is 0 Å². The maximum atomic E-state index is 11.8. The molecule has 0 spiro atoms. The quantitative estimate of drug-likeness (QED) is 0.488. The van der Waals surface area contributed by atoms with Crippen LogP contribution in [0.1, 0.15) is 34.6 Å². The lowest BCUT2D eigenvalue weighted by Crippen LogP contribution is -2.67. The molecule has 1 saturated heterocycles. The lowest BCUT2D eigenvalue weighted by atomic mass is 10.1. The van der Waals surface area contributed by atoms with E-state index in [1.807, 2.05) is 36.4 Å². The molecular formula is C25H32O7Si. The molecule has 2 unspecified atom stereocenters. The van der Waals surface area contributed by atoms with Crippen molar-refractivity contribution in [2.45, 2.75) is 64.3 Å². The Kier molecular flexibility index (Phi) is 7.74. The second-order valence-corrected chi connectivity index (χ2v) is 13.5. The van der Waals surface area contributed by atoms with Gasteiger partial charge in [-0.1, -0.05) is 81.4 Å². The lowest BCUT2D eigenvalue weighted by molar-refractivity contribution is -0.174. The van der Waals surface area contributed by atoms with E-state index in [2.05, 4.69) is 45.0 Å². The van der Waals surface area contributed by atoms with Gasteiger partial charge in [0.15, 0.2) is 18.5 Å². The Bertz CT molecular complexity index is 903. The molecule has 4 atom stereocenters. The van der Waals surface area contributed by atoms with E-state index < -0.39 is 44.9 Å². The van der Waals surface area contributed by atoms with Gasteiger partial charge in [-0.25, -0.2) is 0 Å². The van der Waals surface area contributed by atoms with Gasteiger partial charge in [-0.05, 0) is 15.4 Å². The molecule has 1 heterocycles. The van der Waals surface area contributed by atoms with Crippen molar-refractivity contribution >= 4 is 30.6 Å². The molecule has 8 heteroatoms. The normalized spacial score (nSPS) is 23.2. The second-order valence-electron chi connectivity index (χ2n) is 9.19. The molecule has 0 radical (unpaired) electrons. The number of ether oxygens (including phenoxy) is 3. The van der Waals surface area contributed by atoms with Crippen molar-refractivity contribution < 1.29 is 33.3 Å². The molecule has 2 aromatic rings. The first-order valence-corrected chi connectivity index (χ1v) is 12.9. The van der Waals surface area contributed by atoms with Crippen molar-refractivity contribution in [3.63, 3.8) is 0 Å². The van der Waals surface area contributed by atoms with E-state index in [4.69, 9.17) is 18.6 Å². The number of rotatable bonds is 7. The largest absolute Gasteiger partial charge is 0.455 e. The van der Waals surface area contributed by atoms with Crippen molar-refractivity contribution in [1.82, 2.24) is 0 Å². The minimum Gasteiger partial charge on any atom is -0.455 e. The van der Waals surface area contributed by atoms with Crippen LogP contribution in [0.2, 0.25) is 5.04 Å². The Balaban J connectivity index is 2.00. The fraction of sp³-hybridized carbons (Fsp3) is 0.440. The average molecular weight is 473 g/mol. The first-order chi connectivity index (χ1) is 15.6. The summed E-state index contributed by atoms with van der Waals surface area (Å²) in [6.07, 6.45) is -4.35. The predicted molar refractivity (Wildman–Crippen MR) is 126 cm³/mol. The lowest BCUT2D eigenvalue weighted by Gasteiger charge is -2.43. The number of aliphatic hydroxyl groups is 1. The Morgan fingerprint density at radius 2 is 1.33 bits per heavy atom. The molecule has 178 valence electrons. The van der Waals surface area contributed by atoms with Gasteiger partial charge >= 0.3 is 11.9 Å². The summed E-state index contributed by atoms with van der Waals surface area (Å²) < 4.78 is 23.1. The summed E-state index contributed by atoms with van der Waals surface area (Å²) in [5, 5.41) is 12.3. The maximum Gasteiger partial charge on any atom is 0.303 e. The number of aliphatic hydroxyl groups excluding tert-OH is 1. The molecule has 33 heavy (non-hydrogen) atoms. The monoisotopic (exact) mass is 472 g/mol. The smallest absolute Gasteiger partial charge is 0.303 e. The zero-order chi connectivity index (χ0) is 24.2. The van der Waals surface area contributed by atoms with Crippen molar-refractivity contribution in [3.8, 4) is 0 Å². The molecule has 0 amide bonds. The summed E-state index contributed by atoms with van der Waals surface area (Å²) in [5.41, 5.74) is 0. The van der Waals surface area contributed by atoms with Crippen molar-refractivity contribution in [2.75, 3.05) is 6.61 Å². The second kappa shape index (κ2) is 10.2. The molecule has 1 aliphatic heterocycles. The fourth-order valence-electron chi connectivity index (χ4n) is 4.46. The van der Waals surface area contributed by atoms with Crippen LogP contribution in [0.15, 0.2) is 60.7 Å². The van der Waals surface area contributed by atoms with Gasteiger partial charge in [0.05, 0.1) is 6.61 Å². The summed E-state index contributed by atoms with van der Waals surface area (Å²) in [6.45, 7) is 8.97. The molecule has 0 saturated carbocycles. The van der Waals surface area contributed by atoms with Gasteiger partial charge in [0, 0.05) is 13.8 Å². The first kappa shape index (κ1) is 25.1. The Hall–Kier alpha value is -2.52. The zero-order valence-corrected chi connectivity index (χ0v) is 20.7. The summed E-state index contributed by atoms with van der Waals surface area (Å²) in [7, 11) is -2.87. The van der Waals surface area contributed by atoms with Crippen LogP contribution < -0.4 is 10.4 Å². The molecule has 1 N–H and O–H groups in total. The van der Waals surface area contributed by atoms with Gasteiger partial charge in [-0.15, -0.1) is 0 Å². The van der Waals surface area contributed by atoms with Crippen LogP contribution in [0.3, 0.4) is 0 Å². The first-order valence-electron chi connectivity index (χ1n) is 11.0. The molecule has 7 nitrogen and oxygen atoms in total. The van der Waals surface area contributed by atoms with Gasteiger partial charge < -0.3 is 23.7 Å². The fourth-order valence-corrected chi connectivity index (χ4v) is 9.03. The summed E-state index contributed by atoms with van der Waals surface area (Å²) in [4.78, 5) is 23.3. The standard InChI is InChI=1S/C25H32O7Si/c1-17(26)30-22-21(32-24(28)23(22)31-18(2)27)16-29-33(25(3,4)5,19-12-8-6-9-13-19)20-14-10-7-11-15-20/h6-15,21-24,28H,16H2,1-5H3/t21-,22?,23+,24?/m1/s1. The van der Waals surface area contributed by atoms with Crippen LogP contribution in [0.25, 0.3) is 0 Å². The summed E-state index contributed by atoms with van der Waals surface area (Å²) >= 11 is 0. The third-order valence-corrected chi connectivity index (χ3v) is 10.8. The van der Waals surface area contributed by atoms with Crippen molar-refractivity contribution in [3.05, 3.63) is 60.7 Å². The Morgan fingerprint density at radius 3 is 1.76 bits per heavy atom. The SMILES string of the molecule is CC(=O)OC1[C@H](OC(C)=O)C(O)O[C@@H]1CO[Si](c1ccccc1)(c1ccccc1)C(C)(C)C. The van der Waals surface area contributed by atoms with Crippen LogP contribution in [0, 0.1) is 0 Å². The van der Waals surface area contributed by atoms with Gasteiger partial charge in [0.1, 0.15) is 6.10 Å². The molecule has 0 aromatic heterocycles. The average Bonchev–Trinajstić information content (AvgIpc) is 3.02. The molecule has 1 aliphatic rings. The Labute approximate surface area is 195 Å². The highest BCUT2D eigenvalue weighted by Crippen LogP contribution is 2.37. The summed E-state index contributed by atoms with van der Waals surface area (Å²) in [5.74, 6) is -1.17. The number of benzene rings is 2. The van der Waals surface area contributed by atoms with E-state index in [9.17, 15) is 14.7 Å². The van der Waals surface area contributed by atoms with E-state index in [1.165, 1.54) is 13.8 Å². The minimum atomic E-state index is -2.87. The van der Waals surface area contributed by atoms with Gasteiger partial charge in [-0.3, -0.25) is 9.59 Å². The molecule has 0 bridgehead atoms. The van der Waals surface area contributed by atoms with E-state index in [0.717, 1.165) is 10.4 Å². The van der Waals surface area contributed by atoms with Gasteiger partial charge in [0.2, 0.25) is 0 Å². The number of carbonyl (C=O) groups excluding carboxylic acids is 2. The third-order valence-electron chi connectivity index (χ3n) is 5.77. The highest BCUT2D eigenvalue weighted by molar-refractivity contribution is 6.99. The van der Waals surface area contributed by atoms with Crippen molar-refractivity contribution in [1.29, 1.82) is 0 Å². The Morgan fingerprint density at radius 1 is 0.879 bits per heavy atom. The predicted octanol–water partition coefficient (Wildman–Crippen LogP) is 2.14. The third kappa shape index (κ3) is 5.35. The zero-order valence-electron chi connectivity index (χ0n) is 19.7. The highest BCUT2D eigenvalue weighted by Gasteiger charge is 2.53. The number of esters is 2. The minimum absolute atomic E-state index is 0.0417. The highest BCUT2D eigenvalue weighted by atomic mass is 28.4. The molecular weight excluding hydrogens is 440 g/mol. The summed E-state index contributed by atoms with van der Waals surface area (Å²) in [6, 6.07) is 20.2. The molecule has 2 aromatic carbocycles. The number of hydrogen-bond acceptors (Lipinski definition) is 7. The maximum absolute atomic E-state index is 11.8. The van der Waals surface area contributed by atoms with E-state index in [0.29, 0.717) is 0 Å². The van der Waals surface area contributed by atoms with Crippen LogP contribution in [0.5, 0.6) is 0 Å². The van der Waals surface area contributed by atoms with Crippen molar-refractivity contribution in [2.24, 2.45) is 0 Å².